The van der Waals surface area contributed by atoms with Crippen LogP contribution < -0.4 is 16.1 Å². The van der Waals surface area contributed by atoms with Crippen LogP contribution in [0.5, 0.6) is 0 Å². The summed E-state index contributed by atoms with van der Waals surface area (Å²) in [5.74, 6) is -2.28. The maximum absolute atomic E-state index is 12.7. The van der Waals surface area contributed by atoms with Crippen molar-refractivity contribution in [3.8, 4) is 0 Å². The van der Waals surface area contributed by atoms with Gasteiger partial charge in [0.05, 0.1) is 17.5 Å². The van der Waals surface area contributed by atoms with E-state index in [2.05, 4.69) is 21.2 Å². The lowest BCUT2D eigenvalue weighted by atomic mass is 10.1. The largest absolute Gasteiger partial charge is 0.329 e. The number of carbonyl (C=O) groups excluding carboxylic acids is 3. The Balaban J connectivity index is 1.63. The van der Waals surface area contributed by atoms with Crippen LogP contribution in [0, 0.1) is 13.8 Å². The van der Waals surface area contributed by atoms with Crippen molar-refractivity contribution >= 4 is 35.3 Å². The molecule has 0 aliphatic rings. The molecule has 0 atom stereocenters. The molecule has 0 spiro atoms. The number of rotatable bonds is 5. The molecule has 3 aromatic carbocycles. The van der Waals surface area contributed by atoms with Gasteiger partial charge in [0.1, 0.15) is 0 Å². The zero-order valence-electron chi connectivity index (χ0n) is 17.2. The summed E-state index contributed by atoms with van der Waals surface area (Å²) < 4.78 is 0. The smallest absolute Gasteiger partial charge is 0.322 e. The van der Waals surface area contributed by atoms with Crippen LogP contribution in [-0.4, -0.2) is 23.9 Å². The molecule has 3 N–H and O–H groups in total. The average molecular weight is 414 g/mol. The number of hydrazone groups is 1. The first kappa shape index (κ1) is 21.4. The highest BCUT2D eigenvalue weighted by molar-refractivity contribution is 6.40. The quantitative estimate of drug-likeness (QED) is 0.338. The number of nitrogens with one attached hydrogen (secondary N) is 3. The van der Waals surface area contributed by atoms with Crippen LogP contribution in [0.1, 0.15) is 27.0 Å². The average Bonchev–Trinajstić information content (AvgIpc) is 2.75. The minimum Gasteiger partial charge on any atom is -0.322 e. The fourth-order valence-corrected chi connectivity index (χ4v) is 2.76. The first-order valence-corrected chi connectivity index (χ1v) is 9.60. The zero-order chi connectivity index (χ0) is 22.2. The maximum Gasteiger partial charge on any atom is 0.329 e. The molecule has 156 valence electrons. The SMILES string of the molecule is Cc1ccc(/C=N\NC(=O)C(=O)Nc2ccccc2C(=O)Nc2cccc(C)c2)cc1. The zero-order valence-corrected chi connectivity index (χ0v) is 17.2. The molecule has 0 fully saturated rings. The van der Waals surface area contributed by atoms with Crippen molar-refractivity contribution in [2.24, 2.45) is 5.10 Å². The molecule has 0 radical (unpaired) electrons. The number of hydrogen-bond acceptors (Lipinski definition) is 4. The van der Waals surface area contributed by atoms with Gasteiger partial charge in [-0.05, 0) is 49.2 Å². The predicted molar refractivity (Wildman–Crippen MR) is 121 cm³/mol. The van der Waals surface area contributed by atoms with Gasteiger partial charge in [0.15, 0.2) is 0 Å². The molecule has 0 aliphatic heterocycles. The summed E-state index contributed by atoms with van der Waals surface area (Å²) in [6.07, 6.45) is 1.44. The predicted octanol–water partition coefficient (Wildman–Crippen LogP) is 3.64. The molecule has 0 aliphatic carbocycles. The molecule has 0 saturated heterocycles. The van der Waals surface area contributed by atoms with E-state index in [9.17, 15) is 14.4 Å². The Labute approximate surface area is 180 Å². The molecule has 0 unspecified atom stereocenters. The lowest BCUT2D eigenvalue weighted by molar-refractivity contribution is -0.136. The van der Waals surface area contributed by atoms with Crippen LogP contribution in [0.3, 0.4) is 0 Å². The second-order valence-electron chi connectivity index (χ2n) is 6.93. The second kappa shape index (κ2) is 9.98. The van der Waals surface area contributed by atoms with Crippen LogP contribution in [0.4, 0.5) is 11.4 Å². The lowest BCUT2D eigenvalue weighted by Gasteiger charge is -2.11. The maximum atomic E-state index is 12.7. The van der Waals surface area contributed by atoms with Gasteiger partial charge in [-0.1, -0.05) is 54.1 Å². The van der Waals surface area contributed by atoms with Gasteiger partial charge in [-0.3, -0.25) is 14.4 Å². The normalized spacial score (nSPS) is 10.5. The van der Waals surface area contributed by atoms with Crippen LogP contribution in [0.15, 0.2) is 77.9 Å². The Kier molecular flexibility index (Phi) is 6.90. The van der Waals surface area contributed by atoms with Gasteiger partial charge >= 0.3 is 11.8 Å². The van der Waals surface area contributed by atoms with E-state index >= 15 is 0 Å². The van der Waals surface area contributed by atoms with Gasteiger partial charge in [0, 0.05) is 5.69 Å². The Hall–Kier alpha value is -4.26. The summed E-state index contributed by atoms with van der Waals surface area (Å²) in [4.78, 5) is 37.0. The second-order valence-corrected chi connectivity index (χ2v) is 6.93. The van der Waals surface area contributed by atoms with E-state index in [0.717, 1.165) is 16.7 Å². The Morgan fingerprint density at radius 3 is 2.26 bits per heavy atom. The lowest BCUT2D eigenvalue weighted by Crippen LogP contribution is -2.33. The number of benzene rings is 3. The summed E-state index contributed by atoms with van der Waals surface area (Å²) in [6.45, 7) is 3.88. The summed E-state index contributed by atoms with van der Waals surface area (Å²) in [5, 5.41) is 9.03. The van der Waals surface area contributed by atoms with E-state index in [1.165, 1.54) is 6.21 Å². The van der Waals surface area contributed by atoms with Gasteiger partial charge in [0.2, 0.25) is 0 Å². The van der Waals surface area contributed by atoms with E-state index in [0.29, 0.717) is 5.69 Å². The van der Waals surface area contributed by atoms with Crippen molar-refractivity contribution in [1.29, 1.82) is 0 Å². The van der Waals surface area contributed by atoms with Gasteiger partial charge in [-0.15, -0.1) is 0 Å². The van der Waals surface area contributed by atoms with Crippen molar-refractivity contribution in [2.75, 3.05) is 10.6 Å². The van der Waals surface area contributed by atoms with Crippen molar-refractivity contribution in [2.45, 2.75) is 13.8 Å². The van der Waals surface area contributed by atoms with E-state index in [1.807, 2.05) is 56.3 Å². The molecule has 7 heteroatoms. The van der Waals surface area contributed by atoms with E-state index in [1.54, 1.807) is 30.3 Å². The van der Waals surface area contributed by atoms with Crippen molar-refractivity contribution in [1.82, 2.24) is 5.43 Å². The molecular formula is C24H22N4O3. The van der Waals surface area contributed by atoms with Crippen LogP contribution in [0.25, 0.3) is 0 Å². The van der Waals surface area contributed by atoms with Crippen molar-refractivity contribution < 1.29 is 14.4 Å². The number of carbonyl (C=O) groups is 3. The Morgan fingerprint density at radius 2 is 1.52 bits per heavy atom. The van der Waals surface area contributed by atoms with Crippen molar-refractivity contribution in [3.63, 3.8) is 0 Å². The molecule has 31 heavy (non-hydrogen) atoms. The summed E-state index contributed by atoms with van der Waals surface area (Å²) >= 11 is 0. The molecule has 7 nitrogen and oxygen atoms in total. The summed E-state index contributed by atoms with van der Waals surface area (Å²) in [7, 11) is 0. The molecule has 3 rings (SSSR count). The minimum absolute atomic E-state index is 0.218. The molecule has 0 aromatic heterocycles. The first-order chi connectivity index (χ1) is 14.9. The standard InChI is InChI=1S/C24H22N4O3/c1-16-10-12-18(13-11-16)15-25-28-24(31)23(30)27-21-9-4-3-8-20(21)22(29)26-19-7-5-6-17(2)14-19/h3-15H,1-2H3,(H,26,29)(H,27,30)(H,28,31)/b25-15-. The number of anilines is 2. The van der Waals surface area contributed by atoms with Gasteiger partial charge < -0.3 is 10.6 Å². The van der Waals surface area contributed by atoms with Crippen LogP contribution >= 0.6 is 0 Å². The Morgan fingerprint density at radius 1 is 0.774 bits per heavy atom. The third-order valence-electron chi connectivity index (χ3n) is 4.36. The number of nitrogens with zero attached hydrogens (tertiary/aromatic N) is 1. The number of para-hydroxylation sites is 1. The van der Waals surface area contributed by atoms with Gasteiger partial charge in [-0.2, -0.15) is 5.10 Å². The Bertz CT molecular complexity index is 1140. The van der Waals surface area contributed by atoms with Gasteiger partial charge in [0.25, 0.3) is 5.91 Å². The molecule has 0 heterocycles. The van der Waals surface area contributed by atoms with Crippen molar-refractivity contribution in [3.05, 3.63) is 95.1 Å². The number of hydrogen-bond donors (Lipinski definition) is 3. The highest BCUT2D eigenvalue weighted by atomic mass is 16.2. The highest BCUT2D eigenvalue weighted by Crippen LogP contribution is 2.18. The highest BCUT2D eigenvalue weighted by Gasteiger charge is 2.17. The molecule has 3 amide bonds. The van der Waals surface area contributed by atoms with Gasteiger partial charge in [-0.25, -0.2) is 5.43 Å². The summed E-state index contributed by atoms with van der Waals surface area (Å²) in [5.41, 5.74) is 6.15. The van der Waals surface area contributed by atoms with Crippen LogP contribution in [0.2, 0.25) is 0 Å². The molecule has 3 aromatic rings. The summed E-state index contributed by atoms with van der Waals surface area (Å²) in [6, 6.07) is 21.3. The third-order valence-corrected chi connectivity index (χ3v) is 4.36. The first-order valence-electron chi connectivity index (χ1n) is 9.60. The van der Waals surface area contributed by atoms with E-state index in [-0.39, 0.29) is 11.3 Å². The molecular weight excluding hydrogens is 392 g/mol. The van der Waals surface area contributed by atoms with E-state index in [4.69, 9.17) is 0 Å². The number of aryl methyl sites for hydroxylation is 2. The molecule has 0 saturated carbocycles. The fourth-order valence-electron chi connectivity index (χ4n) is 2.76. The topological polar surface area (TPSA) is 99.7 Å². The van der Waals surface area contributed by atoms with Crippen LogP contribution in [-0.2, 0) is 9.59 Å². The molecule has 0 bridgehead atoms. The third kappa shape index (κ3) is 6.11. The number of amides is 3. The van der Waals surface area contributed by atoms with E-state index < -0.39 is 17.7 Å². The monoisotopic (exact) mass is 414 g/mol. The fraction of sp³-hybridized carbons (Fsp3) is 0.0833. The minimum atomic E-state index is -0.947.